The molecule has 1 fully saturated rings. The Morgan fingerprint density at radius 3 is 2.35 bits per heavy atom. The highest BCUT2D eigenvalue weighted by molar-refractivity contribution is 5.94. The molecule has 1 saturated carbocycles. The third kappa shape index (κ3) is 5.85. The van der Waals surface area contributed by atoms with Crippen LogP contribution in [-0.2, 0) is 9.53 Å². The minimum atomic E-state index is -1.03. The number of anilines is 1. The molecule has 0 saturated heterocycles. The number of hydrogen-bond acceptors (Lipinski definition) is 8. The number of hydrogen-bond donors (Lipinski definition) is 2. The maximum absolute atomic E-state index is 12.9. The van der Waals surface area contributed by atoms with Crippen LogP contribution < -0.4 is 15.0 Å². The number of methoxy groups -OCH3 is 1. The molecule has 2 N–H and O–H groups in total. The molecule has 0 spiro atoms. The monoisotopic (exact) mass is 430 g/mol. The molecule has 0 bridgehead atoms. The molecule has 0 aromatic carbocycles. The number of nitrogens with zero attached hydrogens (tertiary/aromatic N) is 5. The van der Waals surface area contributed by atoms with Gasteiger partial charge >= 0.3 is 12.1 Å². The number of carbonyl (C=O) groups is 2. The molecule has 3 rings (SSSR count). The molecule has 1 aliphatic rings. The van der Waals surface area contributed by atoms with Crippen molar-refractivity contribution in [3.8, 4) is 17.3 Å². The number of rotatable bonds is 8. The number of carboxylic acid groups (broad SMARTS) is 1. The summed E-state index contributed by atoms with van der Waals surface area (Å²) in [7, 11) is 1.49. The van der Waals surface area contributed by atoms with E-state index in [-0.39, 0.29) is 30.6 Å². The zero-order valence-corrected chi connectivity index (χ0v) is 17.5. The van der Waals surface area contributed by atoms with Gasteiger partial charge < -0.3 is 19.9 Å². The summed E-state index contributed by atoms with van der Waals surface area (Å²) in [6.45, 7) is 2.20. The number of nitrogens with one attached hydrogen (secondary N) is 1. The van der Waals surface area contributed by atoms with Crippen molar-refractivity contribution in [2.45, 2.75) is 44.7 Å². The van der Waals surface area contributed by atoms with Crippen LogP contribution in [-0.4, -0.2) is 69.5 Å². The summed E-state index contributed by atoms with van der Waals surface area (Å²) in [5.74, 6) is 0.226. The number of ether oxygens (including phenoxy) is 2. The lowest BCUT2D eigenvalue weighted by atomic mass is 9.90. The molecule has 0 atom stereocenters. The Morgan fingerprint density at radius 2 is 1.81 bits per heavy atom. The van der Waals surface area contributed by atoms with E-state index in [1.54, 1.807) is 29.7 Å². The minimum Gasteiger partial charge on any atom is -0.467 e. The Morgan fingerprint density at radius 1 is 1.10 bits per heavy atom. The Labute approximate surface area is 179 Å². The van der Waals surface area contributed by atoms with Crippen molar-refractivity contribution >= 4 is 17.8 Å². The van der Waals surface area contributed by atoms with Crippen LogP contribution in [0.4, 0.5) is 10.6 Å². The van der Waals surface area contributed by atoms with E-state index in [1.165, 1.54) is 7.11 Å². The summed E-state index contributed by atoms with van der Waals surface area (Å²) >= 11 is 0. The average molecular weight is 430 g/mol. The lowest BCUT2D eigenvalue weighted by Gasteiger charge is -2.36. The van der Waals surface area contributed by atoms with Crippen LogP contribution in [0, 0.1) is 0 Å². The van der Waals surface area contributed by atoms with Gasteiger partial charge in [-0.3, -0.25) is 14.7 Å². The van der Waals surface area contributed by atoms with Gasteiger partial charge in [-0.05, 0) is 32.6 Å². The van der Waals surface area contributed by atoms with Gasteiger partial charge in [0.2, 0.25) is 0 Å². The number of aromatic nitrogens is 4. The summed E-state index contributed by atoms with van der Waals surface area (Å²) in [4.78, 5) is 42.4. The van der Waals surface area contributed by atoms with Crippen LogP contribution in [0.25, 0.3) is 11.3 Å². The molecule has 11 heteroatoms. The fourth-order valence-corrected chi connectivity index (χ4v) is 3.58. The standard InChI is InChI=1S/C20H26N6O5/c1-3-31-12-18(27)26(15-6-4-14(5-7-15)25-20(28)29)17-11-21-16(10-22-17)13-8-23-19(30-2)24-9-13/h8-11,14-15,25H,3-7,12H2,1-2H3,(H,28,29)/t14-,15-. The van der Waals surface area contributed by atoms with Crippen LogP contribution in [0.5, 0.6) is 6.01 Å². The van der Waals surface area contributed by atoms with E-state index in [9.17, 15) is 9.59 Å². The first-order chi connectivity index (χ1) is 15.0. The second-order valence-corrected chi connectivity index (χ2v) is 7.07. The summed E-state index contributed by atoms with van der Waals surface area (Å²) in [6, 6.07) is 0.0411. The Hall–Kier alpha value is -3.34. The van der Waals surface area contributed by atoms with E-state index in [2.05, 4.69) is 25.3 Å². The maximum Gasteiger partial charge on any atom is 0.404 e. The Bertz CT molecular complexity index is 869. The van der Waals surface area contributed by atoms with E-state index >= 15 is 0 Å². The first kappa shape index (κ1) is 22.3. The first-order valence-corrected chi connectivity index (χ1v) is 10.1. The van der Waals surface area contributed by atoms with Gasteiger partial charge in [0.25, 0.3) is 5.91 Å². The molecule has 0 unspecified atom stereocenters. The molecule has 11 nitrogen and oxygen atoms in total. The zero-order chi connectivity index (χ0) is 22.2. The molecule has 0 radical (unpaired) electrons. The molecule has 2 heterocycles. The molecular formula is C20H26N6O5. The van der Waals surface area contributed by atoms with E-state index < -0.39 is 6.09 Å². The summed E-state index contributed by atoms with van der Waals surface area (Å²) in [6.07, 6.45) is 7.85. The topological polar surface area (TPSA) is 140 Å². The van der Waals surface area contributed by atoms with E-state index in [4.69, 9.17) is 14.6 Å². The van der Waals surface area contributed by atoms with Crippen LogP contribution in [0.2, 0.25) is 0 Å². The second kappa shape index (κ2) is 10.6. The summed E-state index contributed by atoms with van der Waals surface area (Å²) in [5, 5.41) is 11.4. The van der Waals surface area contributed by atoms with Crippen molar-refractivity contribution in [1.29, 1.82) is 0 Å². The fraction of sp³-hybridized carbons (Fsp3) is 0.500. The van der Waals surface area contributed by atoms with Crippen molar-refractivity contribution in [2.75, 3.05) is 25.2 Å². The molecule has 2 amide bonds. The Balaban J connectivity index is 1.77. The predicted octanol–water partition coefficient (Wildman–Crippen LogP) is 1.89. The summed E-state index contributed by atoms with van der Waals surface area (Å²) < 4.78 is 10.3. The van der Waals surface area contributed by atoms with Gasteiger partial charge in [-0.2, -0.15) is 0 Å². The number of amides is 2. The van der Waals surface area contributed by atoms with Gasteiger partial charge in [0.05, 0.1) is 25.2 Å². The lowest BCUT2D eigenvalue weighted by Crippen LogP contribution is -2.47. The minimum absolute atomic E-state index is 0.0560. The van der Waals surface area contributed by atoms with Gasteiger partial charge in [0, 0.05) is 36.6 Å². The van der Waals surface area contributed by atoms with E-state index in [1.807, 2.05) is 6.92 Å². The van der Waals surface area contributed by atoms with Crippen molar-refractivity contribution < 1.29 is 24.2 Å². The molecule has 1 aliphatic carbocycles. The quantitative estimate of drug-likeness (QED) is 0.642. The third-order valence-corrected chi connectivity index (χ3v) is 5.08. The van der Waals surface area contributed by atoms with Gasteiger partial charge in [0.15, 0.2) is 5.82 Å². The number of carbonyl (C=O) groups excluding carboxylic acids is 1. The van der Waals surface area contributed by atoms with Gasteiger partial charge in [0.1, 0.15) is 6.61 Å². The van der Waals surface area contributed by atoms with Crippen LogP contribution in [0.1, 0.15) is 32.6 Å². The van der Waals surface area contributed by atoms with Gasteiger partial charge in [-0.1, -0.05) is 0 Å². The second-order valence-electron chi connectivity index (χ2n) is 7.07. The van der Waals surface area contributed by atoms with Crippen LogP contribution in [0.15, 0.2) is 24.8 Å². The van der Waals surface area contributed by atoms with Crippen LogP contribution in [0.3, 0.4) is 0 Å². The summed E-state index contributed by atoms with van der Waals surface area (Å²) in [5.41, 5.74) is 1.24. The van der Waals surface area contributed by atoms with Crippen molar-refractivity contribution in [3.63, 3.8) is 0 Å². The van der Waals surface area contributed by atoms with Gasteiger partial charge in [-0.25, -0.2) is 19.7 Å². The smallest absolute Gasteiger partial charge is 0.404 e. The van der Waals surface area contributed by atoms with Crippen molar-refractivity contribution in [3.05, 3.63) is 24.8 Å². The highest BCUT2D eigenvalue weighted by atomic mass is 16.5. The lowest BCUT2D eigenvalue weighted by molar-refractivity contribution is -0.123. The van der Waals surface area contributed by atoms with Crippen LogP contribution >= 0.6 is 0 Å². The molecule has 2 aromatic heterocycles. The molecule has 31 heavy (non-hydrogen) atoms. The predicted molar refractivity (Wildman–Crippen MR) is 111 cm³/mol. The fourth-order valence-electron chi connectivity index (χ4n) is 3.58. The SMILES string of the molecule is CCOCC(=O)N(c1cnc(-c2cnc(OC)nc2)cn1)[C@H]1CC[C@H](NC(=O)O)CC1. The van der Waals surface area contributed by atoms with E-state index in [0.717, 1.165) is 0 Å². The van der Waals surface area contributed by atoms with Gasteiger partial charge in [-0.15, -0.1) is 0 Å². The highest BCUT2D eigenvalue weighted by Crippen LogP contribution is 2.27. The molecule has 0 aliphatic heterocycles. The maximum atomic E-state index is 12.9. The average Bonchev–Trinajstić information content (AvgIpc) is 2.79. The van der Waals surface area contributed by atoms with Crippen molar-refractivity contribution in [1.82, 2.24) is 25.3 Å². The first-order valence-electron chi connectivity index (χ1n) is 10.1. The largest absolute Gasteiger partial charge is 0.467 e. The normalized spacial score (nSPS) is 18.3. The highest BCUT2D eigenvalue weighted by Gasteiger charge is 2.31. The Kier molecular flexibility index (Phi) is 7.65. The molecule has 166 valence electrons. The molecule has 2 aromatic rings. The van der Waals surface area contributed by atoms with Crippen molar-refractivity contribution in [2.24, 2.45) is 0 Å². The molecular weight excluding hydrogens is 404 g/mol. The third-order valence-electron chi connectivity index (χ3n) is 5.08. The van der Waals surface area contributed by atoms with E-state index in [0.29, 0.717) is 49.4 Å². The zero-order valence-electron chi connectivity index (χ0n) is 17.5.